The molecule has 0 radical (unpaired) electrons. The monoisotopic (exact) mass is 362 g/mol. The SMILES string of the molecule is O=C(Cn1ccc2ccccc21)N1CCC[C@@H](c2nccn2CC2CC2)C1. The van der Waals surface area contributed by atoms with E-state index in [1.54, 1.807) is 0 Å². The molecule has 5 heteroatoms. The lowest BCUT2D eigenvalue weighted by atomic mass is 9.97. The molecule has 27 heavy (non-hydrogen) atoms. The van der Waals surface area contributed by atoms with Crippen LogP contribution in [0.1, 0.15) is 37.4 Å². The van der Waals surface area contributed by atoms with E-state index in [1.165, 1.54) is 24.1 Å². The van der Waals surface area contributed by atoms with Crippen molar-refractivity contribution < 1.29 is 4.79 Å². The van der Waals surface area contributed by atoms with Crippen LogP contribution in [0.5, 0.6) is 0 Å². The summed E-state index contributed by atoms with van der Waals surface area (Å²) in [5.74, 6) is 2.58. The molecule has 0 bridgehead atoms. The van der Waals surface area contributed by atoms with Gasteiger partial charge in [0.1, 0.15) is 12.4 Å². The van der Waals surface area contributed by atoms with Gasteiger partial charge in [-0.3, -0.25) is 4.79 Å². The fourth-order valence-corrected chi connectivity index (χ4v) is 4.35. The number of hydrogen-bond donors (Lipinski definition) is 0. The third-order valence-electron chi connectivity index (χ3n) is 6.02. The van der Waals surface area contributed by atoms with Gasteiger partial charge in [-0.2, -0.15) is 0 Å². The molecule has 2 aliphatic rings. The highest BCUT2D eigenvalue weighted by molar-refractivity contribution is 5.83. The number of carbonyl (C=O) groups excluding carboxylic acids is 1. The van der Waals surface area contributed by atoms with E-state index >= 15 is 0 Å². The van der Waals surface area contributed by atoms with Gasteiger partial charge in [-0.05, 0) is 49.1 Å². The molecule has 2 aromatic heterocycles. The van der Waals surface area contributed by atoms with E-state index in [0.29, 0.717) is 12.5 Å². The van der Waals surface area contributed by atoms with E-state index in [1.807, 2.05) is 29.4 Å². The first kappa shape index (κ1) is 16.6. The molecular formula is C22H26N4O. The molecule has 5 rings (SSSR count). The van der Waals surface area contributed by atoms with Crippen LogP contribution in [0, 0.1) is 5.92 Å². The molecule has 1 aromatic carbocycles. The summed E-state index contributed by atoms with van der Waals surface area (Å²) in [5, 5.41) is 1.18. The number of hydrogen-bond acceptors (Lipinski definition) is 2. The summed E-state index contributed by atoms with van der Waals surface area (Å²) in [6, 6.07) is 10.3. The zero-order valence-electron chi connectivity index (χ0n) is 15.6. The summed E-state index contributed by atoms with van der Waals surface area (Å²) in [6.07, 6.45) is 10.9. The van der Waals surface area contributed by atoms with Crippen LogP contribution in [0.4, 0.5) is 0 Å². The molecule has 2 fully saturated rings. The van der Waals surface area contributed by atoms with Crippen molar-refractivity contribution in [1.82, 2.24) is 19.0 Å². The van der Waals surface area contributed by atoms with Crippen LogP contribution in [0.25, 0.3) is 10.9 Å². The van der Waals surface area contributed by atoms with Crippen LogP contribution >= 0.6 is 0 Å². The normalized spacial score (nSPS) is 20.3. The second-order valence-electron chi connectivity index (χ2n) is 8.06. The lowest BCUT2D eigenvalue weighted by Crippen LogP contribution is -2.41. The topological polar surface area (TPSA) is 43.1 Å². The first-order valence-electron chi connectivity index (χ1n) is 10.1. The highest BCUT2D eigenvalue weighted by Gasteiger charge is 2.29. The van der Waals surface area contributed by atoms with E-state index < -0.39 is 0 Å². The second-order valence-corrected chi connectivity index (χ2v) is 8.06. The van der Waals surface area contributed by atoms with Gasteiger partial charge in [-0.15, -0.1) is 0 Å². The Bertz CT molecular complexity index is 952. The van der Waals surface area contributed by atoms with Crippen molar-refractivity contribution in [1.29, 1.82) is 0 Å². The Morgan fingerprint density at radius 2 is 1.96 bits per heavy atom. The number of benzene rings is 1. The highest BCUT2D eigenvalue weighted by Crippen LogP contribution is 2.33. The van der Waals surface area contributed by atoms with E-state index in [2.05, 4.69) is 38.5 Å². The Hall–Kier alpha value is -2.56. The van der Waals surface area contributed by atoms with Gasteiger partial charge in [0.05, 0.1) is 0 Å². The first-order valence-corrected chi connectivity index (χ1v) is 10.1. The van der Waals surface area contributed by atoms with Gasteiger partial charge < -0.3 is 14.0 Å². The zero-order valence-corrected chi connectivity index (χ0v) is 15.6. The summed E-state index contributed by atoms with van der Waals surface area (Å²) in [4.78, 5) is 19.7. The minimum atomic E-state index is 0.210. The van der Waals surface area contributed by atoms with Crippen molar-refractivity contribution in [3.63, 3.8) is 0 Å². The van der Waals surface area contributed by atoms with Crippen LogP contribution in [0.3, 0.4) is 0 Å². The number of amides is 1. The summed E-state index contributed by atoms with van der Waals surface area (Å²) in [5.41, 5.74) is 1.12. The van der Waals surface area contributed by atoms with Gasteiger partial charge in [0.25, 0.3) is 0 Å². The Labute approximate surface area is 159 Å². The van der Waals surface area contributed by atoms with Gasteiger partial charge in [0.15, 0.2) is 0 Å². The fraction of sp³-hybridized carbons (Fsp3) is 0.455. The van der Waals surface area contributed by atoms with E-state index in [-0.39, 0.29) is 5.91 Å². The zero-order chi connectivity index (χ0) is 18.2. The van der Waals surface area contributed by atoms with Crippen LogP contribution in [-0.4, -0.2) is 38.0 Å². The van der Waals surface area contributed by atoms with Crippen LogP contribution in [0.15, 0.2) is 48.9 Å². The van der Waals surface area contributed by atoms with Crippen molar-refractivity contribution in [2.45, 2.75) is 44.7 Å². The number of fused-ring (bicyclic) bond motifs is 1. The number of rotatable bonds is 5. The molecule has 5 nitrogen and oxygen atoms in total. The molecule has 0 N–H and O–H groups in total. The number of nitrogens with zero attached hydrogens (tertiary/aromatic N) is 4. The average molecular weight is 362 g/mol. The van der Waals surface area contributed by atoms with Gasteiger partial charge in [0.2, 0.25) is 5.91 Å². The molecule has 1 saturated carbocycles. The van der Waals surface area contributed by atoms with E-state index in [4.69, 9.17) is 0 Å². The van der Waals surface area contributed by atoms with Crippen molar-refractivity contribution in [2.75, 3.05) is 13.1 Å². The first-order chi connectivity index (χ1) is 13.3. The number of imidazole rings is 1. The quantitative estimate of drug-likeness (QED) is 0.695. The molecule has 1 aliphatic heterocycles. The maximum Gasteiger partial charge on any atom is 0.242 e. The van der Waals surface area contributed by atoms with Crippen LogP contribution in [-0.2, 0) is 17.9 Å². The van der Waals surface area contributed by atoms with E-state index in [9.17, 15) is 4.79 Å². The highest BCUT2D eigenvalue weighted by atomic mass is 16.2. The lowest BCUT2D eigenvalue weighted by molar-refractivity contribution is -0.133. The third kappa shape index (κ3) is 3.38. The lowest BCUT2D eigenvalue weighted by Gasteiger charge is -2.33. The molecule has 1 saturated heterocycles. The second kappa shape index (κ2) is 6.87. The molecule has 1 atom stereocenters. The average Bonchev–Trinajstić information content (AvgIpc) is 3.24. The van der Waals surface area contributed by atoms with Gasteiger partial charge >= 0.3 is 0 Å². The van der Waals surface area contributed by atoms with Crippen molar-refractivity contribution in [3.05, 3.63) is 54.7 Å². The molecule has 3 heterocycles. The predicted octanol–water partition coefficient (Wildman–Crippen LogP) is 3.65. The predicted molar refractivity (Wildman–Crippen MR) is 105 cm³/mol. The summed E-state index contributed by atoms with van der Waals surface area (Å²) in [6.45, 7) is 3.16. The number of piperidine rings is 1. The van der Waals surface area contributed by atoms with Gasteiger partial charge in [0, 0.05) is 49.7 Å². The fourth-order valence-electron chi connectivity index (χ4n) is 4.35. The van der Waals surface area contributed by atoms with Crippen molar-refractivity contribution in [3.8, 4) is 0 Å². The Balaban J connectivity index is 1.29. The molecule has 0 spiro atoms. The molecule has 1 amide bonds. The summed E-state index contributed by atoms with van der Waals surface area (Å²) in [7, 11) is 0. The number of carbonyl (C=O) groups is 1. The maximum atomic E-state index is 13.0. The summed E-state index contributed by atoms with van der Waals surface area (Å²) < 4.78 is 4.39. The minimum Gasteiger partial charge on any atom is -0.340 e. The smallest absolute Gasteiger partial charge is 0.242 e. The Kier molecular flexibility index (Phi) is 4.23. The third-order valence-corrected chi connectivity index (χ3v) is 6.02. The molecular weight excluding hydrogens is 336 g/mol. The number of likely N-dealkylation sites (tertiary alicyclic amines) is 1. The Morgan fingerprint density at radius 3 is 2.85 bits per heavy atom. The number of para-hydroxylation sites is 1. The molecule has 140 valence electrons. The molecule has 0 unspecified atom stereocenters. The largest absolute Gasteiger partial charge is 0.340 e. The van der Waals surface area contributed by atoms with E-state index in [0.717, 1.165) is 43.9 Å². The number of aromatic nitrogens is 3. The van der Waals surface area contributed by atoms with Crippen LogP contribution in [0.2, 0.25) is 0 Å². The minimum absolute atomic E-state index is 0.210. The summed E-state index contributed by atoms with van der Waals surface area (Å²) >= 11 is 0. The van der Waals surface area contributed by atoms with Crippen LogP contribution < -0.4 is 0 Å². The van der Waals surface area contributed by atoms with Gasteiger partial charge in [-0.1, -0.05) is 18.2 Å². The van der Waals surface area contributed by atoms with Gasteiger partial charge in [-0.25, -0.2) is 4.98 Å². The Morgan fingerprint density at radius 1 is 1.07 bits per heavy atom. The van der Waals surface area contributed by atoms with Crippen molar-refractivity contribution in [2.24, 2.45) is 5.92 Å². The maximum absolute atomic E-state index is 13.0. The standard InChI is InChI=1S/C22H26N4O/c27-21(16-24-12-9-18-4-1-2-6-20(18)24)25-11-3-5-19(15-25)22-23-10-13-26(22)14-17-7-8-17/h1-2,4,6,9-10,12-13,17,19H,3,5,7-8,11,14-16H2/t19-/m1/s1. The van der Waals surface area contributed by atoms with Crippen molar-refractivity contribution >= 4 is 16.8 Å². The molecule has 3 aromatic rings. The molecule has 1 aliphatic carbocycles.